The van der Waals surface area contributed by atoms with Crippen molar-refractivity contribution in [1.82, 2.24) is 14.7 Å². The highest BCUT2D eigenvalue weighted by Crippen LogP contribution is 2.39. The monoisotopic (exact) mass is 309 g/mol. The third-order valence-corrected chi connectivity index (χ3v) is 5.27. The van der Waals surface area contributed by atoms with Crippen molar-refractivity contribution >= 4 is 0 Å². The second-order valence-electron chi connectivity index (χ2n) is 7.08. The Morgan fingerprint density at radius 1 is 1.36 bits per heavy atom. The molecule has 0 bridgehead atoms. The van der Waals surface area contributed by atoms with Gasteiger partial charge in [0.2, 0.25) is 0 Å². The van der Waals surface area contributed by atoms with E-state index in [-0.39, 0.29) is 12.2 Å². The molecule has 2 fully saturated rings. The average Bonchev–Trinajstić information content (AvgIpc) is 2.88. The number of ether oxygens (including phenoxy) is 1. The molecule has 0 aromatic carbocycles. The first-order chi connectivity index (χ1) is 10.4. The van der Waals surface area contributed by atoms with E-state index in [1.54, 1.807) is 6.92 Å². The number of aryl methyl sites for hydroxylation is 1. The van der Waals surface area contributed by atoms with Gasteiger partial charge in [0, 0.05) is 37.9 Å². The Morgan fingerprint density at radius 2 is 2.09 bits per heavy atom. The Labute approximate surface area is 131 Å². The highest BCUT2D eigenvalue weighted by atomic mass is 16.5. The second-order valence-corrected chi connectivity index (χ2v) is 7.08. The van der Waals surface area contributed by atoms with Gasteiger partial charge in [-0.2, -0.15) is 5.10 Å². The van der Waals surface area contributed by atoms with Crippen molar-refractivity contribution in [3.05, 3.63) is 18.0 Å². The van der Waals surface area contributed by atoms with Crippen LogP contribution in [0.3, 0.4) is 0 Å². The fourth-order valence-electron chi connectivity index (χ4n) is 3.63. The number of nitrogens with zero attached hydrogens (tertiary/aromatic N) is 3. The van der Waals surface area contributed by atoms with E-state index in [1.807, 2.05) is 16.9 Å². The fraction of sp³-hybridized carbons (Fsp3) is 0.812. The molecule has 0 amide bonds. The number of aromatic nitrogens is 2. The first-order valence-corrected chi connectivity index (χ1v) is 8.15. The molecule has 6 nitrogen and oxygen atoms in total. The lowest BCUT2D eigenvalue weighted by atomic mass is 9.76. The van der Waals surface area contributed by atoms with Crippen LogP contribution in [0.2, 0.25) is 0 Å². The average molecular weight is 309 g/mol. The molecule has 22 heavy (non-hydrogen) atoms. The van der Waals surface area contributed by atoms with E-state index in [0.29, 0.717) is 6.42 Å². The molecule has 2 aliphatic rings. The molecule has 2 atom stereocenters. The lowest BCUT2D eigenvalue weighted by Gasteiger charge is -2.50. The van der Waals surface area contributed by atoms with Gasteiger partial charge in [-0.1, -0.05) is 0 Å². The predicted octanol–water partition coefficient (Wildman–Crippen LogP) is 0.558. The van der Waals surface area contributed by atoms with E-state index in [4.69, 9.17) is 4.74 Å². The van der Waals surface area contributed by atoms with E-state index in [0.717, 1.165) is 39.0 Å². The molecule has 0 unspecified atom stereocenters. The summed E-state index contributed by atoms with van der Waals surface area (Å²) in [5.41, 5.74) is -0.109. The van der Waals surface area contributed by atoms with Gasteiger partial charge in [-0.25, -0.2) is 0 Å². The maximum Gasteiger partial charge on any atom is 0.106 e. The van der Waals surface area contributed by atoms with Crippen molar-refractivity contribution in [2.75, 3.05) is 26.2 Å². The summed E-state index contributed by atoms with van der Waals surface area (Å²) in [6.07, 6.45) is 3.40. The summed E-state index contributed by atoms with van der Waals surface area (Å²) in [5, 5.41) is 24.5. The molecular formula is C16H27N3O3. The molecule has 2 aliphatic heterocycles. The minimum absolute atomic E-state index is 0.236. The lowest BCUT2D eigenvalue weighted by Crippen LogP contribution is -2.59. The van der Waals surface area contributed by atoms with Crippen LogP contribution in [0.15, 0.2) is 12.3 Å². The van der Waals surface area contributed by atoms with Gasteiger partial charge < -0.3 is 19.8 Å². The number of hydrogen-bond donors (Lipinski definition) is 2. The van der Waals surface area contributed by atoms with E-state index < -0.39 is 11.7 Å². The molecule has 1 spiro atoms. The fourth-order valence-corrected chi connectivity index (χ4v) is 3.63. The SMILES string of the molecule is Cc1ccnn1CCN1CCC2(CC1)C[C@](C)(O)[C@@H](O)CO2. The highest BCUT2D eigenvalue weighted by molar-refractivity contribution is 5.00. The molecule has 3 heterocycles. The number of aliphatic hydroxyl groups excluding tert-OH is 1. The van der Waals surface area contributed by atoms with Crippen LogP contribution in [-0.2, 0) is 11.3 Å². The zero-order chi connectivity index (χ0) is 15.8. The molecule has 2 saturated heterocycles. The van der Waals surface area contributed by atoms with Crippen molar-refractivity contribution in [2.45, 2.75) is 57.0 Å². The molecule has 0 aliphatic carbocycles. The number of likely N-dealkylation sites (tertiary alicyclic amines) is 1. The topological polar surface area (TPSA) is 70.8 Å². The van der Waals surface area contributed by atoms with Crippen molar-refractivity contribution in [3.8, 4) is 0 Å². The third-order valence-electron chi connectivity index (χ3n) is 5.27. The van der Waals surface area contributed by atoms with Crippen LogP contribution in [0.4, 0.5) is 0 Å². The molecule has 0 radical (unpaired) electrons. The molecule has 2 N–H and O–H groups in total. The Hall–Kier alpha value is -0.950. The summed E-state index contributed by atoms with van der Waals surface area (Å²) in [6.45, 7) is 7.84. The Kier molecular flexibility index (Phi) is 4.29. The van der Waals surface area contributed by atoms with Crippen molar-refractivity contribution < 1.29 is 14.9 Å². The van der Waals surface area contributed by atoms with Gasteiger partial charge in [0.15, 0.2) is 0 Å². The summed E-state index contributed by atoms with van der Waals surface area (Å²) >= 11 is 0. The van der Waals surface area contributed by atoms with Crippen LogP contribution in [0, 0.1) is 6.92 Å². The molecule has 1 aromatic rings. The van der Waals surface area contributed by atoms with E-state index >= 15 is 0 Å². The number of rotatable bonds is 3. The largest absolute Gasteiger partial charge is 0.388 e. The molecule has 0 saturated carbocycles. The van der Waals surface area contributed by atoms with Gasteiger partial charge in [0.05, 0.1) is 24.4 Å². The van der Waals surface area contributed by atoms with Gasteiger partial charge in [0.1, 0.15) is 6.10 Å². The summed E-state index contributed by atoms with van der Waals surface area (Å²) in [4.78, 5) is 2.43. The summed E-state index contributed by atoms with van der Waals surface area (Å²) in [5.74, 6) is 0. The smallest absolute Gasteiger partial charge is 0.106 e. The van der Waals surface area contributed by atoms with E-state index in [1.165, 1.54) is 5.69 Å². The van der Waals surface area contributed by atoms with Gasteiger partial charge in [-0.05, 0) is 32.8 Å². The van der Waals surface area contributed by atoms with Gasteiger partial charge in [0.25, 0.3) is 0 Å². The molecule has 1 aromatic heterocycles. The van der Waals surface area contributed by atoms with Crippen LogP contribution >= 0.6 is 0 Å². The highest BCUT2D eigenvalue weighted by Gasteiger charge is 2.48. The standard InChI is InChI=1S/C16H27N3O3/c1-13-3-6-17-19(13)10-9-18-7-4-16(5-8-18)12-15(2,21)14(20)11-22-16/h3,6,14,20-21H,4-5,7-12H2,1-2H3/t14-,15-/m0/s1. The normalized spacial score (nSPS) is 32.5. The summed E-state index contributed by atoms with van der Waals surface area (Å²) in [7, 11) is 0. The van der Waals surface area contributed by atoms with Crippen LogP contribution in [0.5, 0.6) is 0 Å². The van der Waals surface area contributed by atoms with Gasteiger partial charge in [-0.15, -0.1) is 0 Å². The van der Waals surface area contributed by atoms with E-state index in [9.17, 15) is 10.2 Å². The van der Waals surface area contributed by atoms with Crippen LogP contribution in [0.1, 0.15) is 31.9 Å². The van der Waals surface area contributed by atoms with Crippen molar-refractivity contribution in [3.63, 3.8) is 0 Å². The van der Waals surface area contributed by atoms with Crippen molar-refractivity contribution in [1.29, 1.82) is 0 Å². The lowest BCUT2D eigenvalue weighted by molar-refractivity contribution is -0.223. The Morgan fingerprint density at radius 3 is 2.68 bits per heavy atom. The first-order valence-electron chi connectivity index (χ1n) is 8.15. The number of hydrogen-bond acceptors (Lipinski definition) is 5. The quantitative estimate of drug-likeness (QED) is 0.854. The number of piperidine rings is 1. The predicted molar refractivity (Wildman–Crippen MR) is 82.6 cm³/mol. The van der Waals surface area contributed by atoms with Crippen molar-refractivity contribution in [2.24, 2.45) is 0 Å². The van der Waals surface area contributed by atoms with Gasteiger partial charge in [-0.3, -0.25) is 4.68 Å². The van der Waals surface area contributed by atoms with Crippen LogP contribution in [-0.4, -0.2) is 68.4 Å². The Bertz CT molecular complexity index is 506. The van der Waals surface area contributed by atoms with Crippen LogP contribution in [0.25, 0.3) is 0 Å². The minimum atomic E-state index is -1.04. The zero-order valence-electron chi connectivity index (χ0n) is 13.5. The van der Waals surface area contributed by atoms with Gasteiger partial charge >= 0.3 is 0 Å². The minimum Gasteiger partial charge on any atom is -0.388 e. The van der Waals surface area contributed by atoms with Crippen LogP contribution < -0.4 is 0 Å². The molecular weight excluding hydrogens is 282 g/mol. The Balaban J connectivity index is 1.51. The second kappa shape index (κ2) is 5.92. The molecule has 3 rings (SSSR count). The number of aliphatic hydroxyl groups is 2. The molecule has 6 heteroatoms. The van der Waals surface area contributed by atoms with E-state index in [2.05, 4.69) is 16.9 Å². The third kappa shape index (κ3) is 3.20. The first kappa shape index (κ1) is 15.9. The zero-order valence-corrected chi connectivity index (χ0v) is 13.5. The maximum atomic E-state index is 10.3. The summed E-state index contributed by atoms with van der Waals surface area (Å²) < 4.78 is 7.95. The maximum absolute atomic E-state index is 10.3. The summed E-state index contributed by atoms with van der Waals surface area (Å²) in [6, 6.07) is 2.02. The molecule has 124 valence electrons.